The van der Waals surface area contributed by atoms with Gasteiger partial charge in [-0.1, -0.05) is 42.8 Å². The monoisotopic (exact) mass is 404 g/mol. The minimum Gasteiger partial charge on any atom is -0.467 e. The molecule has 0 saturated heterocycles. The Labute approximate surface area is 172 Å². The van der Waals surface area contributed by atoms with Gasteiger partial charge in [-0.2, -0.15) is 0 Å². The number of allylic oxidation sites excluding steroid dienone is 1. The summed E-state index contributed by atoms with van der Waals surface area (Å²) in [7, 11) is 1.31. The van der Waals surface area contributed by atoms with Crippen molar-refractivity contribution in [2.24, 2.45) is 0 Å². The lowest BCUT2D eigenvalue weighted by Gasteiger charge is -2.16. The highest BCUT2D eigenvalue weighted by molar-refractivity contribution is 5.84. The summed E-state index contributed by atoms with van der Waals surface area (Å²) in [5.74, 6) is -0.602. The summed E-state index contributed by atoms with van der Waals surface area (Å²) < 4.78 is 9.87. The zero-order valence-electron chi connectivity index (χ0n) is 17.2. The number of methoxy groups -OCH3 is 1. The molecule has 0 fully saturated rings. The van der Waals surface area contributed by atoms with E-state index in [1.165, 1.54) is 7.11 Å². The standard InChI is InChI=1S/C22H32N2O5/c1-3-4-7-14-19(21(26)28-2)24-20(25)15-10-6-11-16-23-22(27)29-17-18-12-8-5-9-13-18/h3,5,8-9,12-13,19H,1,4,6-7,10-11,14-17H2,2H3,(H,23,27)(H,24,25)/t19-/m0/s1. The second-order valence-electron chi connectivity index (χ2n) is 6.66. The Morgan fingerprint density at radius 1 is 1.10 bits per heavy atom. The highest BCUT2D eigenvalue weighted by Crippen LogP contribution is 2.06. The number of benzene rings is 1. The van der Waals surface area contributed by atoms with Crippen molar-refractivity contribution in [2.75, 3.05) is 13.7 Å². The quantitative estimate of drug-likeness (QED) is 0.281. The number of esters is 1. The van der Waals surface area contributed by atoms with Gasteiger partial charge in [-0.15, -0.1) is 6.58 Å². The van der Waals surface area contributed by atoms with Crippen LogP contribution in [0.1, 0.15) is 50.5 Å². The third-order valence-electron chi connectivity index (χ3n) is 4.28. The van der Waals surface area contributed by atoms with Crippen LogP contribution in [0, 0.1) is 0 Å². The first-order valence-electron chi connectivity index (χ1n) is 9.99. The molecule has 0 saturated carbocycles. The van der Waals surface area contributed by atoms with E-state index in [-0.39, 0.29) is 12.5 Å². The molecule has 0 heterocycles. The molecule has 1 rings (SSSR count). The van der Waals surface area contributed by atoms with E-state index in [1.54, 1.807) is 6.08 Å². The minimum atomic E-state index is -0.617. The van der Waals surface area contributed by atoms with Crippen molar-refractivity contribution in [2.45, 2.75) is 57.6 Å². The fourth-order valence-electron chi connectivity index (χ4n) is 2.68. The van der Waals surface area contributed by atoms with Crippen LogP contribution >= 0.6 is 0 Å². The van der Waals surface area contributed by atoms with E-state index in [2.05, 4.69) is 17.2 Å². The Balaban J connectivity index is 2.11. The van der Waals surface area contributed by atoms with Gasteiger partial charge in [0.15, 0.2) is 0 Å². The average molecular weight is 405 g/mol. The first-order chi connectivity index (χ1) is 14.1. The second kappa shape index (κ2) is 15.1. The number of unbranched alkanes of at least 4 members (excludes halogenated alkanes) is 3. The van der Waals surface area contributed by atoms with Gasteiger partial charge < -0.3 is 20.1 Å². The Hall–Kier alpha value is -2.83. The molecule has 1 atom stereocenters. The molecule has 7 heteroatoms. The van der Waals surface area contributed by atoms with Gasteiger partial charge in [0.05, 0.1) is 7.11 Å². The molecular formula is C22H32N2O5. The summed E-state index contributed by atoms with van der Waals surface area (Å²) in [5.41, 5.74) is 0.934. The second-order valence-corrected chi connectivity index (χ2v) is 6.66. The Morgan fingerprint density at radius 2 is 1.86 bits per heavy atom. The van der Waals surface area contributed by atoms with Crippen molar-refractivity contribution in [1.82, 2.24) is 10.6 Å². The zero-order chi connectivity index (χ0) is 21.3. The molecule has 0 aliphatic carbocycles. The molecular weight excluding hydrogens is 372 g/mol. The number of hydrogen-bond acceptors (Lipinski definition) is 5. The van der Waals surface area contributed by atoms with Crippen molar-refractivity contribution in [3.05, 3.63) is 48.6 Å². The van der Waals surface area contributed by atoms with Gasteiger partial charge in [-0.3, -0.25) is 4.79 Å². The van der Waals surface area contributed by atoms with Crippen LogP contribution in [0.4, 0.5) is 4.79 Å². The van der Waals surface area contributed by atoms with E-state index >= 15 is 0 Å². The maximum Gasteiger partial charge on any atom is 0.407 e. The first-order valence-corrected chi connectivity index (χ1v) is 9.99. The molecule has 0 unspecified atom stereocenters. The number of nitrogens with one attached hydrogen (secondary N) is 2. The molecule has 1 aromatic rings. The van der Waals surface area contributed by atoms with E-state index in [4.69, 9.17) is 9.47 Å². The molecule has 0 aromatic heterocycles. The number of carbonyl (C=O) groups excluding carboxylic acids is 3. The van der Waals surface area contributed by atoms with Crippen LogP contribution < -0.4 is 10.6 Å². The van der Waals surface area contributed by atoms with Crippen LogP contribution in [0.15, 0.2) is 43.0 Å². The maximum absolute atomic E-state index is 12.0. The lowest BCUT2D eigenvalue weighted by molar-refractivity contribution is -0.145. The molecule has 7 nitrogen and oxygen atoms in total. The van der Waals surface area contributed by atoms with E-state index in [9.17, 15) is 14.4 Å². The Morgan fingerprint density at radius 3 is 2.55 bits per heavy atom. The number of alkyl carbamates (subject to hydrolysis) is 1. The molecule has 0 bridgehead atoms. The van der Waals surface area contributed by atoms with Crippen molar-refractivity contribution in [3.63, 3.8) is 0 Å². The van der Waals surface area contributed by atoms with Gasteiger partial charge >= 0.3 is 12.1 Å². The number of ether oxygens (including phenoxy) is 2. The van der Waals surface area contributed by atoms with Crippen LogP contribution in [-0.4, -0.2) is 37.7 Å². The Kier molecular flexibility index (Phi) is 12.6. The van der Waals surface area contributed by atoms with Crippen molar-refractivity contribution < 1.29 is 23.9 Å². The van der Waals surface area contributed by atoms with Crippen molar-refractivity contribution >= 4 is 18.0 Å². The summed E-state index contributed by atoms with van der Waals surface area (Å²) >= 11 is 0. The molecule has 29 heavy (non-hydrogen) atoms. The fourth-order valence-corrected chi connectivity index (χ4v) is 2.68. The third-order valence-corrected chi connectivity index (χ3v) is 4.28. The molecule has 0 spiro atoms. The first kappa shape index (κ1) is 24.2. The topological polar surface area (TPSA) is 93.7 Å². The smallest absolute Gasteiger partial charge is 0.407 e. The summed E-state index contributed by atoms with van der Waals surface area (Å²) in [5, 5.41) is 5.42. The number of carbonyl (C=O) groups is 3. The van der Waals surface area contributed by atoms with E-state index in [0.717, 1.165) is 31.2 Å². The van der Waals surface area contributed by atoms with Crippen molar-refractivity contribution in [3.8, 4) is 0 Å². The summed E-state index contributed by atoms with van der Waals surface area (Å²) in [4.78, 5) is 35.4. The molecule has 1 aromatic carbocycles. The number of amides is 2. The van der Waals surface area contributed by atoms with Crippen LogP contribution in [0.2, 0.25) is 0 Å². The predicted molar refractivity (Wildman–Crippen MR) is 111 cm³/mol. The predicted octanol–water partition coefficient (Wildman–Crippen LogP) is 3.49. The zero-order valence-corrected chi connectivity index (χ0v) is 17.2. The fraction of sp³-hybridized carbons (Fsp3) is 0.500. The molecule has 2 N–H and O–H groups in total. The molecule has 2 amide bonds. The molecule has 0 aliphatic rings. The van der Waals surface area contributed by atoms with E-state index < -0.39 is 18.1 Å². The summed E-state index contributed by atoms with van der Waals surface area (Å²) in [6, 6.07) is 8.85. The van der Waals surface area contributed by atoms with Gasteiger partial charge in [0, 0.05) is 13.0 Å². The normalized spacial score (nSPS) is 11.2. The number of rotatable bonds is 14. The van der Waals surface area contributed by atoms with Gasteiger partial charge in [0.1, 0.15) is 12.6 Å². The third kappa shape index (κ3) is 11.6. The summed E-state index contributed by atoms with van der Waals surface area (Å²) in [6.07, 6.45) is 5.92. The average Bonchev–Trinajstić information content (AvgIpc) is 2.74. The highest BCUT2D eigenvalue weighted by atomic mass is 16.5. The van der Waals surface area contributed by atoms with E-state index in [0.29, 0.717) is 25.8 Å². The minimum absolute atomic E-state index is 0.172. The molecule has 160 valence electrons. The molecule has 0 aliphatic heterocycles. The SMILES string of the molecule is C=CCCC[C@H](NC(=O)CCCCCNC(=O)OCc1ccccc1)C(=O)OC. The largest absolute Gasteiger partial charge is 0.467 e. The lowest BCUT2D eigenvalue weighted by atomic mass is 10.1. The van der Waals surface area contributed by atoms with Crippen LogP contribution in [-0.2, 0) is 25.7 Å². The highest BCUT2D eigenvalue weighted by Gasteiger charge is 2.20. The maximum atomic E-state index is 12.0. The Bertz CT molecular complexity index is 633. The van der Waals surface area contributed by atoms with E-state index in [1.807, 2.05) is 30.3 Å². The summed E-state index contributed by atoms with van der Waals surface area (Å²) in [6.45, 7) is 4.37. The van der Waals surface area contributed by atoms with Gasteiger partial charge in [0.25, 0.3) is 0 Å². The van der Waals surface area contributed by atoms with Crippen LogP contribution in [0.3, 0.4) is 0 Å². The molecule has 0 radical (unpaired) electrons. The van der Waals surface area contributed by atoms with Crippen LogP contribution in [0.25, 0.3) is 0 Å². The van der Waals surface area contributed by atoms with Gasteiger partial charge in [-0.05, 0) is 37.7 Å². The van der Waals surface area contributed by atoms with Crippen LogP contribution in [0.5, 0.6) is 0 Å². The van der Waals surface area contributed by atoms with Gasteiger partial charge in [-0.25, -0.2) is 9.59 Å². The number of hydrogen-bond donors (Lipinski definition) is 2. The van der Waals surface area contributed by atoms with Crippen molar-refractivity contribution in [1.29, 1.82) is 0 Å². The van der Waals surface area contributed by atoms with Gasteiger partial charge in [0.2, 0.25) is 5.91 Å². The lowest BCUT2D eigenvalue weighted by Crippen LogP contribution is -2.41.